The van der Waals surface area contributed by atoms with Crippen LogP contribution in [0.15, 0.2) is 51.6 Å². The Morgan fingerprint density at radius 2 is 1.93 bits per heavy atom. The molecule has 0 bridgehead atoms. The van der Waals surface area contributed by atoms with Gasteiger partial charge in [0.05, 0.1) is 6.26 Å². The number of benzene rings is 1. The second-order valence-electron chi connectivity index (χ2n) is 6.63. The molecule has 3 heterocycles. The fraction of sp³-hybridized carbons (Fsp3) is 0.350. The smallest absolute Gasteiger partial charge is 0.238 e. The minimum absolute atomic E-state index is 0.0847. The molecule has 4 rings (SSSR count). The van der Waals surface area contributed by atoms with Gasteiger partial charge < -0.3 is 19.2 Å². The molecule has 27 heavy (non-hydrogen) atoms. The average molecular weight is 366 g/mol. The maximum atomic E-state index is 12.2. The SMILES string of the molecule is O=C(CCc1nc(-c2ccco2)no1)Nc1ccc(N2CCCCC2)cc1. The summed E-state index contributed by atoms with van der Waals surface area (Å²) >= 11 is 0. The number of amides is 1. The lowest BCUT2D eigenvalue weighted by molar-refractivity contribution is -0.116. The van der Waals surface area contributed by atoms with Gasteiger partial charge >= 0.3 is 0 Å². The lowest BCUT2D eigenvalue weighted by Gasteiger charge is -2.28. The second-order valence-corrected chi connectivity index (χ2v) is 6.63. The number of aryl methyl sites for hydroxylation is 1. The van der Waals surface area contributed by atoms with Crippen LogP contribution in [0.2, 0.25) is 0 Å². The molecule has 7 nitrogen and oxygen atoms in total. The van der Waals surface area contributed by atoms with Gasteiger partial charge in [0.2, 0.25) is 17.6 Å². The molecule has 1 fully saturated rings. The molecule has 0 aliphatic carbocycles. The highest BCUT2D eigenvalue weighted by Crippen LogP contribution is 2.22. The number of nitrogens with one attached hydrogen (secondary N) is 1. The van der Waals surface area contributed by atoms with Crippen LogP contribution in [0, 0.1) is 0 Å². The zero-order valence-corrected chi connectivity index (χ0v) is 15.1. The summed E-state index contributed by atoms with van der Waals surface area (Å²) in [7, 11) is 0. The molecular formula is C20H22N4O3. The van der Waals surface area contributed by atoms with E-state index in [1.807, 2.05) is 12.1 Å². The molecule has 1 aliphatic rings. The molecule has 140 valence electrons. The van der Waals surface area contributed by atoms with Gasteiger partial charge in [-0.15, -0.1) is 0 Å². The van der Waals surface area contributed by atoms with E-state index in [1.165, 1.54) is 24.9 Å². The molecule has 0 radical (unpaired) electrons. The number of furan rings is 1. The fourth-order valence-corrected chi connectivity index (χ4v) is 3.21. The molecule has 0 unspecified atom stereocenters. The van der Waals surface area contributed by atoms with Crippen LogP contribution in [0.25, 0.3) is 11.6 Å². The van der Waals surface area contributed by atoms with E-state index in [2.05, 4.69) is 32.5 Å². The van der Waals surface area contributed by atoms with Crippen molar-refractivity contribution in [1.29, 1.82) is 0 Å². The Bertz CT molecular complexity index is 865. The number of piperidine rings is 1. The molecule has 0 spiro atoms. The zero-order chi connectivity index (χ0) is 18.5. The largest absolute Gasteiger partial charge is 0.461 e. The third-order valence-corrected chi connectivity index (χ3v) is 4.65. The van der Waals surface area contributed by atoms with Gasteiger partial charge in [0.15, 0.2) is 5.76 Å². The average Bonchev–Trinajstić information content (AvgIpc) is 3.39. The quantitative estimate of drug-likeness (QED) is 0.712. The summed E-state index contributed by atoms with van der Waals surface area (Å²) in [6.45, 7) is 2.21. The van der Waals surface area contributed by atoms with Gasteiger partial charge in [-0.3, -0.25) is 4.79 Å². The first-order chi connectivity index (χ1) is 13.3. The number of hydrogen-bond acceptors (Lipinski definition) is 6. The standard InChI is InChI=1S/C20H22N4O3/c25-18(10-11-19-22-20(23-27-19)17-5-4-14-26-17)21-15-6-8-16(9-7-15)24-12-2-1-3-13-24/h4-9,14H,1-3,10-13H2,(H,21,25). The number of nitrogens with zero attached hydrogens (tertiary/aromatic N) is 3. The first-order valence-electron chi connectivity index (χ1n) is 9.29. The van der Waals surface area contributed by atoms with Crippen molar-refractivity contribution in [2.45, 2.75) is 32.1 Å². The molecule has 1 aromatic carbocycles. The highest BCUT2D eigenvalue weighted by Gasteiger charge is 2.13. The molecule has 1 N–H and O–H groups in total. The van der Waals surface area contributed by atoms with E-state index < -0.39 is 0 Å². The topological polar surface area (TPSA) is 84.4 Å². The van der Waals surface area contributed by atoms with Gasteiger partial charge in [-0.25, -0.2) is 0 Å². The number of rotatable bonds is 6. The fourth-order valence-electron chi connectivity index (χ4n) is 3.21. The lowest BCUT2D eigenvalue weighted by atomic mass is 10.1. The third-order valence-electron chi connectivity index (χ3n) is 4.65. The van der Waals surface area contributed by atoms with Crippen LogP contribution < -0.4 is 10.2 Å². The number of hydrogen-bond donors (Lipinski definition) is 1. The van der Waals surface area contributed by atoms with Crippen LogP contribution in [0.5, 0.6) is 0 Å². The van der Waals surface area contributed by atoms with Crippen molar-refractivity contribution in [3.63, 3.8) is 0 Å². The Balaban J connectivity index is 1.28. The van der Waals surface area contributed by atoms with E-state index in [0.717, 1.165) is 18.8 Å². The maximum absolute atomic E-state index is 12.2. The minimum atomic E-state index is -0.0847. The Hall–Kier alpha value is -3.09. The molecule has 7 heteroatoms. The summed E-state index contributed by atoms with van der Waals surface area (Å²) in [6.07, 6.45) is 6.01. The van der Waals surface area contributed by atoms with Crippen molar-refractivity contribution in [3.8, 4) is 11.6 Å². The summed E-state index contributed by atoms with van der Waals surface area (Å²) in [5, 5.41) is 6.77. The van der Waals surface area contributed by atoms with Crippen LogP contribution in [0.4, 0.5) is 11.4 Å². The number of carbonyl (C=O) groups excluding carboxylic acids is 1. The van der Waals surface area contributed by atoms with Crippen LogP contribution >= 0.6 is 0 Å². The summed E-state index contributed by atoms with van der Waals surface area (Å²) in [4.78, 5) is 18.8. The molecule has 1 amide bonds. The van der Waals surface area contributed by atoms with E-state index in [0.29, 0.717) is 23.9 Å². The summed E-state index contributed by atoms with van der Waals surface area (Å²) < 4.78 is 10.4. The summed E-state index contributed by atoms with van der Waals surface area (Å²) in [6, 6.07) is 11.5. The van der Waals surface area contributed by atoms with E-state index in [1.54, 1.807) is 18.4 Å². The second kappa shape index (κ2) is 8.07. The predicted octanol–water partition coefficient (Wildman–Crippen LogP) is 3.89. The van der Waals surface area contributed by atoms with E-state index >= 15 is 0 Å². The van der Waals surface area contributed by atoms with Gasteiger partial charge in [0.25, 0.3) is 0 Å². The van der Waals surface area contributed by atoms with Crippen molar-refractivity contribution >= 4 is 17.3 Å². The van der Waals surface area contributed by atoms with E-state index in [-0.39, 0.29) is 12.3 Å². The minimum Gasteiger partial charge on any atom is -0.461 e. The molecular weight excluding hydrogens is 344 g/mol. The molecule has 1 saturated heterocycles. The first kappa shape index (κ1) is 17.3. The van der Waals surface area contributed by atoms with Gasteiger partial charge in [-0.2, -0.15) is 4.98 Å². The Morgan fingerprint density at radius 1 is 1.11 bits per heavy atom. The Kier molecular flexibility index (Phi) is 5.18. The third kappa shape index (κ3) is 4.36. The monoisotopic (exact) mass is 366 g/mol. The molecule has 3 aromatic rings. The Morgan fingerprint density at radius 3 is 2.67 bits per heavy atom. The van der Waals surface area contributed by atoms with Gasteiger partial charge in [-0.05, 0) is 55.7 Å². The van der Waals surface area contributed by atoms with Crippen LogP contribution in [-0.2, 0) is 11.2 Å². The van der Waals surface area contributed by atoms with Crippen molar-refractivity contribution < 1.29 is 13.7 Å². The first-order valence-corrected chi connectivity index (χ1v) is 9.29. The van der Waals surface area contributed by atoms with Gasteiger partial charge in [0.1, 0.15) is 0 Å². The highest BCUT2D eigenvalue weighted by atomic mass is 16.5. The van der Waals surface area contributed by atoms with Gasteiger partial charge in [-0.1, -0.05) is 5.16 Å². The summed E-state index contributed by atoms with van der Waals surface area (Å²) in [5.41, 5.74) is 2.01. The highest BCUT2D eigenvalue weighted by molar-refractivity contribution is 5.90. The van der Waals surface area contributed by atoms with Crippen molar-refractivity contribution in [3.05, 3.63) is 48.6 Å². The Labute approximate surface area is 157 Å². The van der Waals surface area contributed by atoms with Crippen molar-refractivity contribution in [2.75, 3.05) is 23.3 Å². The van der Waals surface area contributed by atoms with Crippen LogP contribution in [0.1, 0.15) is 31.6 Å². The maximum Gasteiger partial charge on any atom is 0.238 e. The number of carbonyl (C=O) groups is 1. The van der Waals surface area contributed by atoms with Crippen molar-refractivity contribution in [1.82, 2.24) is 10.1 Å². The number of anilines is 2. The molecule has 2 aromatic heterocycles. The van der Waals surface area contributed by atoms with Crippen LogP contribution in [0.3, 0.4) is 0 Å². The molecule has 1 aliphatic heterocycles. The van der Waals surface area contributed by atoms with Crippen molar-refractivity contribution in [2.24, 2.45) is 0 Å². The lowest BCUT2D eigenvalue weighted by Crippen LogP contribution is -2.29. The van der Waals surface area contributed by atoms with E-state index in [9.17, 15) is 4.79 Å². The molecule has 0 saturated carbocycles. The predicted molar refractivity (Wildman–Crippen MR) is 101 cm³/mol. The summed E-state index contributed by atoms with van der Waals surface area (Å²) in [5.74, 6) is 1.27. The zero-order valence-electron chi connectivity index (χ0n) is 15.1. The molecule has 0 atom stereocenters. The van der Waals surface area contributed by atoms with E-state index in [4.69, 9.17) is 8.94 Å². The van der Waals surface area contributed by atoms with Crippen LogP contribution in [-0.4, -0.2) is 29.1 Å². The number of aromatic nitrogens is 2. The normalized spacial score (nSPS) is 14.3. The van der Waals surface area contributed by atoms with Gasteiger partial charge in [0, 0.05) is 37.3 Å².